The Balaban J connectivity index is 2.03. The zero-order chi connectivity index (χ0) is 9.68. The van der Waals surface area contributed by atoms with Gasteiger partial charge in [0.25, 0.3) is 0 Å². The van der Waals surface area contributed by atoms with Crippen LogP contribution >= 0.6 is 0 Å². The third-order valence-corrected chi connectivity index (χ3v) is 1.65. The molecule has 1 aliphatic heterocycles. The van der Waals surface area contributed by atoms with Gasteiger partial charge in [-0.05, 0) is 6.42 Å². The van der Waals surface area contributed by atoms with Gasteiger partial charge in [-0.3, -0.25) is 9.59 Å². The topological polar surface area (TPSA) is 66.9 Å². The highest BCUT2D eigenvalue weighted by Gasteiger charge is 2.17. The fraction of sp³-hybridized carbons (Fsp3) is 0.556. The molecule has 1 N–H and O–H groups in total. The van der Waals surface area contributed by atoms with Gasteiger partial charge in [-0.2, -0.15) is 0 Å². The number of ketones is 1. The second-order valence-electron chi connectivity index (χ2n) is 2.95. The number of aliphatic carboxylic acids is 1. The average Bonchev–Trinajstić information content (AvgIpc) is 2.80. The molecule has 13 heavy (non-hydrogen) atoms. The van der Waals surface area contributed by atoms with Gasteiger partial charge in [0.2, 0.25) is 0 Å². The summed E-state index contributed by atoms with van der Waals surface area (Å²) in [6.45, 7) is 0.763. The molecule has 1 atom stereocenters. The molecule has 0 aromatic rings. The van der Waals surface area contributed by atoms with Gasteiger partial charge in [0.15, 0.2) is 0 Å². The van der Waals surface area contributed by atoms with E-state index < -0.39 is 5.97 Å². The van der Waals surface area contributed by atoms with E-state index in [2.05, 4.69) is 0 Å². The number of ether oxygens (including phenoxy) is 1. The first-order chi connectivity index (χ1) is 6.18. The minimum absolute atomic E-state index is 0.228. The van der Waals surface area contributed by atoms with Gasteiger partial charge in [-0.25, -0.2) is 0 Å². The molecule has 72 valence electrons. The fourth-order valence-electron chi connectivity index (χ4n) is 0.916. The number of hydrogen-bond acceptors (Lipinski definition) is 3. The van der Waals surface area contributed by atoms with Crippen LogP contribution in [0.5, 0.6) is 0 Å². The molecule has 0 bridgehead atoms. The molecule has 0 spiro atoms. The van der Waals surface area contributed by atoms with E-state index in [9.17, 15) is 9.59 Å². The van der Waals surface area contributed by atoms with Gasteiger partial charge in [0, 0.05) is 6.42 Å². The SMILES string of the molecule is O=C(O)CC(=O)CCC=CC1CO1. The van der Waals surface area contributed by atoms with E-state index >= 15 is 0 Å². The van der Waals surface area contributed by atoms with Crippen molar-refractivity contribution in [3.63, 3.8) is 0 Å². The molecule has 0 aliphatic carbocycles. The van der Waals surface area contributed by atoms with Crippen molar-refractivity contribution in [1.29, 1.82) is 0 Å². The summed E-state index contributed by atoms with van der Waals surface area (Å²) in [4.78, 5) is 21.0. The number of Topliss-reactive ketones (excluding diaryl/α,β-unsaturated/α-hetero) is 1. The molecule has 1 saturated heterocycles. The van der Waals surface area contributed by atoms with Crippen LogP contribution < -0.4 is 0 Å². The zero-order valence-corrected chi connectivity index (χ0v) is 7.23. The number of carboxylic acid groups (broad SMARTS) is 1. The summed E-state index contributed by atoms with van der Waals surface area (Å²) < 4.78 is 4.91. The first kappa shape index (κ1) is 9.92. The highest BCUT2D eigenvalue weighted by molar-refractivity contribution is 5.94. The molecule has 1 fully saturated rings. The molecular formula is C9H12O4. The quantitative estimate of drug-likeness (QED) is 0.376. The number of rotatable bonds is 6. The Morgan fingerprint density at radius 3 is 2.77 bits per heavy atom. The van der Waals surface area contributed by atoms with E-state index in [0.29, 0.717) is 12.8 Å². The molecule has 0 radical (unpaired) electrons. The van der Waals surface area contributed by atoms with Crippen molar-refractivity contribution in [3.05, 3.63) is 12.2 Å². The number of carboxylic acids is 1. The third kappa shape index (κ3) is 5.14. The Bertz CT molecular complexity index is 228. The van der Waals surface area contributed by atoms with Crippen LogP contribution in [0.1, 0.15) is 19.3 Å². The molecule has 0 amide bonds. The van der Waals surface area contributed by atoms with Gasteiger partial charge < -0.3 is 9.84 Å². The van der Waals surface area contributed by atoms with Crippen LogP contribution in [0.3, 0.4) is 0 Å². The lowest BCUT2D eigenvalue weighted by Gasteiger charge is -1.92. The minimum atomic E-state index is -1.06. The third-order valence-electron chi connectivity index (χ3n) is 1.65. The molecule has 4 heteroatoms. The van der Waals surface area contributed by atoms with E-state index in [1.54, 1.807) is 0 Å². The summed E-state index contributed by atoms with van der Waals surface area (Å²) in [6, 6.07) is 0. The molecule has 1 rings (SSSR count). The Hall–Kier alpha value is -1.16. The number of hydrogen-bond donors (Lipinski definition) is 1. The number of carbonyl (C=O) groups excluding carboxylic acids is 1. The smallest absolute Gasteiger partial charge is 0.310 e. The number of epoxide rings is 1. The van der Waals surface area contributed by atoms with Gasteiger partial charge in [-0.15, -0.1) is 0 Å². The van der Waals surface area contributed by atoms with Crippen LogP contribution in [-0.4, -0.2) is 29.6 Å². The highest BCUT2D eigenvalue weighted by atomic mass is 16.6. The summed E-state index contributed by atoms with van der Waals surface area (Å²) in [5.74, 6) is -1.28. The van der Waals surface area contributed by atoms with Crippen LogP contribution in [0, 0.1) is 0 Å². The highest BCUT2D eigenvalue weighted by Crippen LogP contribution is 2.10. The second kappa shape index (κ2) is 4.77. The molecular weight excluding hydrogens is 172 g/mol. The van der Waals surface area contributed by atoms with E-state index in [0.717, 1.165) is 6.61 Å². The van der Waals surface area contributed by atoms with Crippen molar-refractivity contribution < 1.29 is 19.4 Å². The molecule has 1 unspecified atom stereocenters. The predicted octanol–water partition coefficient (Wildman–Crippen LogP) is 0.765. The Kier molecular flexibility index (Phi) is 3.64. The second-order valence-corrected chi connectivity index (χ2v) is 2.95. The van der Waals surface area contributed by atoms with Crippen molar-refractivity contribution in [2.75, 3.05) is 6.61 Å². The predicted molar refractivity (Wildman–Crippen MR) is 45.4 cm³/mol. The largest absolute Gasteiger partial charge is 0.481 e. The van der Waals surface area contributed by atoms with Crippen LogP contribution in [0.25, 0.3) is 0 Å². The molecule has 0 aromatic heterocycles. The van der Waals surface area contributed by atoms with Crippen molar-refractivity contribution >= 4 is 11.8 Å². The normalized spacial score (nSPS) is 20.5. The number of carbonyl (C=O) groups is 2. The maximum atomic E-state index is 10.9. The van der Waals surface area contributed by atoms with Gasteiger partial charge in [-0.1, -0.05) is 12.2 Å². The summed E-state index contributed by atoms with van der Waals surface area (Å²) in [7, 11) is 0. The van der Waals surface area contributed by atoms with Crippen LogP contribution in [0.15, 0.2) is 12.2 Å². The molecule has 0 aromatic carbocycles. The molecule has 0 saturated carbocycles. The van der Waals surface area contributed by atoms with Crippen molar-refractivity contribution in [1.82, 2.24) is 0 Å². The lowest BCUT2D eigenvalue weighted by Crippen LogP contribution is -2.05. The summed E-state index contributed by atoms with van der Waals surface area (Å²) in [6.07, 6.45) is 4.52. The van der Waals surface area contributed by atoms with Crippen molar-refractivity contribution in [3.8, 4) is 0 Å². The molecule has 4 nitrogen and oxygen atoms in total. The van der Waals surface area contributed by atoms with Crippen LogP contribution in [-0.2, 0) is 14.3 Å². The first-order valence-corrected chi connectivity index (χ1v) is 4.20. The van der Waals surface area contributed by atoms with Crippen LogP contribution in [0.4, 0.5) is 0 Å². The minimum Gasteiger partial charge on any atom is -0.481 e. The maximum absolute atomic E-state index is 10.9. The lowest BCUT2D eigenvalue weighted by molar-refractivity contribution is -0.140. The monoisotopic (exact) mass is 184 g/mol. The van der Waals surface area contributed by atoms with Gasteiger partial charge in [0.1, 0.15) is 12.2 Å². The summed E-state index contributed by atoms with van der Waals surface area (Å²) in [5, 5.41) is 8.28. The van der Waals surface area contributed by atoms with E-state index in [1.165, 1.54) is 0 Å². The van der Waals surface area contributed by atoms with Crippen LogP contribution in [0.2, 0.25) is 0 Å². The van der Waals surface area contributed by atoms with Gasteiger partial charge >= 0.3 is 5.97 Å². The van der Waals surface area contributed by atoms with E-state index in [-0.39, 0.29) is 18.3 Å². The van der Waals surface area contributed by atoms with Crippen molar-refractivity contribution in [2.45, 2.75) is 25.4 Å². The van der Waals surface area contributed by atoms with Gasteiger partial charge in [0.05, 0.1) is 12.7 Å². The maximum Gasteiger partial charge on any atom is 0.310 e. The lowest BCUT2D eigenvalue weighted by atomic mass is 10.1. The Morgan fingerprint density at radius 1 is 1.54 bits per heavy atom. The molecule has 1 aliphatic rings. The summed E-state index contributed by atoms with van der Waals surface area (Å²) >= 11 is 0. The van der Waals surface area contributed by atoms with E-state index in [4.69, 9.17) is 9.84 Å². The number of allylic oxidation sites excluding steroid dienone is 1. The fourth-order valence-corrected chi connectivity index (χ4v) is 0.916. The van der Waals surface area contributed by atoms with E-state index in [1.807, 2.05) is 12.2 Å². The van der Waals surface area contributed by atoms with Crippen molar-refractivity contribution in [2.24, 2.45) is 0 Å². The molecule has 1 heterocycles. The summed E-state index contributed by atoms with van der Waals surface area (Å²) in [5.41, 5.74) is 0. The zero-order valence-electron chi connectivity index (χ0n) is 7.23. The Labute approximate surface area is 76.2 Å². The average molecular weight is 184 g/mol. The first-order valence-electron chi connectivity index (χ1n) is 4.20. The Morgan fingerprint density at radius 2 is 2.23 bits per heavy atom. The standard InChI is InChI=1S/C9H12O4/c10-7(5-9(11)12)3-1-2-4-8-6-13-8/h2,4,8H,1,3,5-6H2,(H,11,12).